The highest BCUT2D eigenvalue weighted by Crippen LogP contribution is 2.13. The molecule has 26 heavy (non-hydrogen) atoms. The van der Waals surface area contributed by atoms with Gasteiger partial charge in [0.25, 0.3) is 0 Å². The van der Waals surface area contributed by atoms with Crippen LogP contribution in [0.4, 0.5) is 0 Å². The van der Waals surface area contributed by atoms with Crippen molar-refractivity contribution in [3.8, 4) is 0 Å². The monoisotopic (exact) mass is 358 g/mol. The Labute approximate surface area is 153 Å². The van der Waals surface area contributed by atoms with Crippen molar-refractivity contribution >= 4 is 22.9 Å². The first-order chi connectivity index (χ1) is 12.7. The van der Waals surface area contributed by atoms with Crippen LogP contribution in [0.25, 0.3) is 11.0 Å². The number of rotatable bonds is 6. The van der Waals surface area contributed by atoms with Gasteiger partial charge in [0.05, 0.1) is 30.5 Å². The molecule has 0 aliphatic carbocycles. The number of fused-ring (bicyclic) bond motifs is 1. The molecule has 1 fully saturated rings. The highest BCUT2D eigenvalue weighted by Gasteiger charge is 2.20. The van der Waals surface area contributed by atoms with Gasteiger partial charge in [-0.25, -0.2) is 4.98 Å². The van der Waals surface area contributed by atoms with E-state index in [0.29, 0.717) is 39.2 Å². The Morgan fingerprint density at radius 2 is 2.00 bits per heavy atom. The Kier molecular flexibility index (Phi) is 6.22. The number of carbonyl (C=O) groups excluding carboxylic acids is 2. The molecule has 7 nitrogen and oxygen atoms in total. The van der Waals surface area contributed by atoms with Gasteiger partial charge in [-0.2, -0.15) is 0 Å². The molecular weight excluding hydrogens is 332 g/mol. The van der Waals surface area contributed by atoms with E-state index in [1.165, 1.54) is 0 Å². The second kappa shape index (κ2) is 8.80. The van der Waals surface area contributed by atoms with E-state index >= 15 is 0 Å². The van der Waals surface area contributed by atoms with Gasteiger partial charge in [-0.1, -0.05) is 12.1 Å². The number of para-hydroxylation sites is 2. The molecule has 140 valence electrons. The van der Waals surface area contributed by atoms with Crippen LogP contribution in [0.1, 0.15) is 19.8 Å². The van der Waals surface area contributed by atoms with E-state index in [1.54, 1.807) is 6.33 Å². The lowest BCUT2D eigenvalue weighted by Crippen LogP contribution is -2.37. The molecule has 7 heteroatoms. The minimum atomic E-state index is -0.195. The Morgan fingerprint density at radius 3 is 2.85 bits per heavy atom. The van der Waals surface area contributed by atoms with E-state index in [0.717, 1.165) is 30.5 Å². The first-order valence-corrected chi connectivity index (χ1v) is 9.23. The van der Waals surface area contributed by atoms with Gasteiger partial charge in [0.1, 0.15) is 0 Å². The molecule has 1 aliphatic heterocycles. The molecule has 1 aromatic heterocycles. The van der Waals surface area contributed by atoms with Gasteiger partial charge in [0.15, 0.2) is 0 Å². The minimum Gasteiger partial charge on any atom is -0.465 e. The van der Waals surface area contributed by atoms with Crippen LogP contribution in [-0.4, -0.2) is 70.6 Å². The third-order valence-electron chi connectivity index (χ3n) is 4.69. The molecule has 0 bridgehead atoms. The summed E-state index contributed by atoms with van der Waals surface area (Å²) in [4.78, 5) is 32.6. The molecule has 1 saturated heterocycles. The Hall–Kier alpha value is -2.41. The van der Waals surface area contributed by atoms with Gasteiger partial charge in [-0.05, 0) is 25.5 Å². The molecule has 1 aromatic carbocycles. The number of imidazole rings is 1. The smallest absolute Gasteiger partial charge is 0.320 e. The van der Waals surface area contributed by atoms with Crippen LogP contribution in [0, 0.1) is 0 Å². The van der Waals surface area contributed by atoms with Crippen molar-refractivity contribution in [2.75, 3.05) is 39.3 Å². The standard InChI is InChI=1S/C19H26N4O3/c1-2-26-19(25)14-21-9-5-10-22(13-12-21)18(24)8-11-23-15-20-16-6-3-4-7-17(16)23/h3-4,6-7,15H,2,5,8-14H2,1H3. The third-order valence-corrected chi connectivity index (χ3v) is 4.69. The van der Waals surface area contributed by atoms with Gasteiger partial charge >= 0.3 is 5.97 Å². The maximum atomic E-state index is 12.6. The highest BCUT2D eigenvalue weighted by atomic mass is 16.5. The van der Waals surface area contributed by atoms with E-state index in [-0.39, 0.29) is 11.9 Å². The van der Waals surface area contributed by atoms with Crippen molar-refractivity contribution in [3.63, 3.8) is 0 Å². The third kappa shape index (κ3) is 4.60. The number of amides is 1. The van der Waals surface area contributed by atoms with Crippen LogP contribution in [0.5, 0.6) is 0 Å². The number of ether oxygens (including phenoxy) is 1. The van der Waals surface area contributed by atoms with E-state index < -0.39 is 0 Å². The predicted molar refractivity (Wildman–Crippen MR) is 98.6 cm³/mol. The molecule has 1 amide bonds. The number of benzene rings is 1. The Bertz CT molecular complexity index is 758. The number of aryl methyl sites for hydroxylation is 1. The zero-order chi connectivity index (χ0) is 18.4. The second-order valence-electron chi connectivity index (χ2n) is 6.49. The highest BCUT2D eigenvalue weighted by molar-refractivity contribution is 5.77. The number of aromatic nitrogens is 2. The van der Waals surface area contributed by atoms with Gasteiger partial charge in [0.2, 0.25) is 5.91 Å². The summed E-state index contributed by atoms with van der Waals surface area (Å²) in [5.41, 5.74) is 2.00. The quantitative estimate of drug-likeness (QED) is 0.733. The lowest BCUT2D eigenvalue weighted by Gasteiger charge is -2.21. The number of nitrogens with zero attached hydrogens (tertiary/aromatic N) is 4. The summed E-state index contributed by atoms with van der Waals surface area (Å²) in [7, 11) is 0. The first kappa shape index (κ1) is 18.4. The fourth-order valence-corrected chi connectivity index (χ4v) is 3.33. The average molecular weight is 358 g/mol. The molecule has 0 radical (unpaired) electrons. The lowest BCUT2D eigenvalue weighted by molar-refractivity contribution is -0.144. The van der Waals surface area contributed by atoms with Crippen molar-refractivity contribution in [2.24, 2.45) is 0 Å². The van der Waals surface area contributed by atoms with Crippen molar-refractivity contribution in [3.05, 3.63) is 30.6 Å². The lowest BCUT2D eigenvalue weighted by atomic mass is 10.3. The van der Waals surface area contributed by atoms with Crippen LogP contribution >= 0.6 is 0 Å². The maximum Gasteiger partial charge on any atom is 0.320 e. The van der Waals surface area contributed by atoms with Gasteiger partial charge in [0, 0.05) is 39.1 Å². The largest absolute Gasteiger partial charge is 0.465 e. The Balaban J connectivity index is 1.50. The van der Waals surface area contributed by atoms with Gasteiger partial charge in [-0.3, -0.25) is 14.5 Å². The van der Waals surface area contributed by atoms with E-state index in [1.807, 2.05) is 40.7 Å². The number of hydrogen-bond acceptors (Lipinski definition) is 5. The maximum absolute atomic E-state index is 12.6. The summed E-state index contributed by atoms with van der Waals surface area (Å²) < 4.78 is 7.03. The van der Waals surface area contributed by atoms with E-state index in [4.69, 9.17) is 4.74 Å². The number of carbonyl (C=O) groups is 2. The van der Waals surface area contributed by atoms with Crippen molar-refractivity contribution in [2.45, 2.75) is 26.3 Å². The van der Waals surface area contributed by atoms with Crippen LogP contribution in [0.3, 0.4) is 0 Å². The first-order valence-electron chi connectivity index (χ1n) is 9.23. The summed E-state index contributed by atoms with van der Waals surface area (Å²) in [6, 6.07) is 7.94. The van der Waals surface area contributed by atoms with Crippen LogP contribution in [-0.2, 0) is 20.9 Å². The molecule has 3 rings (SSSR count). The predicted octanol–water partition coefficient (Wildman–Crippen LogP) is 1.52. The zero-order valence-electron chi connectivity index (χ0n) is 15.3. The van der Waals surface area contributed by atoms with Crippen molar-refractivity contribution < 1.29 is 14.3 Å². The zero-order valence-corrected chi connectivity index (χ0v) is 15.3. The average Bonchev–Trinajstić information content (AvgIpc) is 2.91. The second-order valence-corrected chi connectivity index (χ2v) is 6.49. The SMILES string of the molecule is CCOC(=O)CN1CCCN(C(=O)CCn2cnc3ccccc32)CC1. The molecule has 0 spiro atoms. The van der Waals surface area contributed by atoms with E-state index in [9.17, 15) is 9.59 Å². The summed E-state index contributed by atoms with van der Waals surface area (Å²) >= 11 is 0. The van der Waals surface area contributed by atoms with Crippen molar-refractivity contribution in [1.82, 2.24) is 19.4 Å². The fourth-order valence-electron chi connectivity index (χ4n) is 3.33. The molecule has 2 heterocycles. The molecule has 0 N–H and O–H groups in total. The Morgan fingerprint density at radius 1 is 1.15 bits per heavy atom. The van der Waals surface area contributed by atoms with E-state index in [2.05, 4.69) is 9.88 Å². The minimum absolute atomic E-state index is 0.153. The fraction of sp³-hybridized carbons (Fsp3) is 0.526. The normalized spacial score (nSPS) is 15.8. The summed E-state index contributed by atoms with van der Waals surface area (Å²) in [6.07, 6.45) is 3.12. The van der Waals surface area contributed by atoms with Crippen LogP contribution < -0.4 is 0 Å². The number of esters is 1. The van der Waals surface area contributed by atoms with Gasteiger partial charge in [-0.15, -0.1) is 0 Å². The molecule has 0 unspecified atom stereocenters. The number of hydrogen-bond donors (Lipinski definition) is 0. The van der Waals surface area contributed by atoms with Gasteiger partial charge < -0.3 is 14.2 Å². The summed E-state index contributed by atoms with van der Waals surface area (Å²) in [5, 5.41) is 0. The van der Waals surface area contributed by atoms with Crippen molar-refractivity contribution in [1.29, 1.82) is 0 Å². The molecule has 0 atom stereocenters. The van der Waals surface area contributed by atoms with Crippen LogP contribution in [0.15, 0.2) is 30.6 Å². The summed E-state index contributed by atoms with van der Waals surface area (Å²) in [5.74, 6) is -0.0416. The molecule has 1 aliphatic rings. The molecule has 2 aromatic rings. The molecule has 0 saturated carbocycles. The topological polar surface area (TPSA) is 67.7 Å². The van der Waals surface area contributed by atoms with Crippen LogP contribution in [0.2, 0.25) is 0 Å². The summed E-state index contributed by atoms with van der Waals surface area (Å²) in [6.45, 7) is 6.06. The molecular formula is C19H26N4O3.